The number of hydrogen-bond acceptors (Lipinski definition) is 3. The van der Waals surface area contributed by atoms with E-state index < -0.39 is 5.60 Å². The van der Waals surface area contributed by atoms with E-state index in [-0.39, 0.29) is 12.4 Å². The molecule has 1 aromatic carbocycles. The van der Waals surface area contributed by atoms with Crippen molar-refractivity contribution in [1.82, 2.24) is 10.6 Å². The van der Waals surface area contributed by atoms with Gasteiger partial charge in [0.1, 0.15) is 11.4 Å². The van der Waals surface area contributed by atoms with Gasteiger partial charge >= 0.3 is 0 Å². The number of guanidine groups is 1. The summed E-state index contributed by atoms with van der Waals surface area (Å²) in [5, 5.41) is 18.9. The lowest BCUT2D eigenvalue weighted by Crippen LogP contribution is -2.39. The molecule has 6 heteroatoms. The van der Waals surface area contributed by atoms with Crippen molar-refractivity contribution in [3.05, 3.63) is 58.0 Å². The predicted molar refractivity (Wildman–Crippen MR) is 98.0 cm³/mol. The Labute approximate surface area is 146 Å². The highest BCUT2D eigenvalue weighted by atomic mass is 32.1. The molecule has 0 amide bonds. The fraction of sp³-hybridized carbons (Fsp3) is 0.389. The fourth-order valence-electron chi connectivity index (χ4n) is 2.21. The Morgan fingerprint density at radius 1 is 1.25 bits per heavy atom. The summed E-state index contributed by atoms with van der Waals surface area (Å²) < 4.78 is 12.9. The first-order valence-corrected chi connectivity index (χ1v) is 8.92. The van der Waals surface area contributed by atoms with Crippen LogP contribution in [0.1, 0.15) is 24.3 Å². The molecule has 0 aliphatic heterocycles. The van der Waals surface area contributed by atoms with Crippen molar-refractivity contribution in [2.24, 2.45) is 4.99 Å². The lowest BCUT2D eigenvalue weighted by atomic mass is 10.1. The Morgan fingerprint density at radius 2 is 2.00 bits per heavy atom. The lowest BCUT2D eigenvalue weighted by molar-refractivity contribution is 0.0711. The highest BCUT2D eigenvalue weighted by Gasteiger charge is 2.23. The second-order valence-corrected chi connectivity index (χ2v) is 6.70. The Bertz CT molecular complexity index is 639. The molecule has 24 heavy (non-hydrogen) atoms. The molecule has 0 aliphatic rings. The van der Waals surface area contributed by atoms with Crippen LogP contribution in [0.5, 0.6) is 0 Å². The highest BCUT2D eigenvalue weighted by Crippen LogP contribution is 2.25. The van der Waals surface area contributed by atoms with Crippen LogP contribution in [0.4, 0.5) is 4.39 Å². The minimum absolute atomic E-state index is 0.225. The van der Waals surface area contributed by atoms with E-state index in [1.54, 1.807) is 19.1 Å². The average molecular weight is 349 g/mol. The molecule has 1 unspecified atom stereocenters. The van der Waals surface area contributed by atoms with Crippen LogP contribution in [-0.2, 0) is 12.0 Å². The van der Waals surface area contributed by atoms with Gasteiger partial charge in [-0.1, -0.05) is 18.2 Å². The van der Waals surface area contributed by atoms with Crippen LogP contribution in [0, 0.1) is 5.82 Å². The van der Waals surface area contributed by atoms with E-state index in [0.29, 0.717) is 12.5 Å². The van der Waals surface area contributed by atoms with E-state index in [1.165, 1.54) is 23.5 Å². The molecule has 0 fully saturated rings. The van der Waals surface area contributed by atoms with Crippen LogP contribution in [0.25, 0.3) is 0 Å². The predicted octanol–water partition coefficient (Wildman–Crippen LogP) is 2.89. The maximum Gasteiger partial charge on any atom is 0.191 e. The molecule has 0 bridgehead atoms. The zero-order valence-corrected chi connectivity index (χ0v) is 14.9. The van der Waals surface area contributed by atoms with Crippen molar-refractivity contribution in [3.8, 4) is 0 Å². The van der Waals surface area contributed by atoms with Gasteiger partial charge in [0, 0.05) is 18.0 Å². The summed E-state index contributed by atoms with van der Waals surface area (Å²) >= 11 is 1.52. The van der Waals surface area contributed by atoms with Gasteiger partial charge in [-0.25, -0.2) is 9.38 Å². The minimum Gasteiger partial charge on any atom is -0.383 e. The molecule has 1 heterocycles. The SMILES string of the molecule is CCNC(=NCC(C)(O)c1cccs1)NCCc1ccc(F)cc1. The molecule has 2 rings (SSSR count). The van der Waals surface area contributed by atoms with Gasteiger partial charge in [-0.2, -0.15) is 0 Å². The first kappa shape index (κ1) is 18.4. The molecular weight excluding hydrogens is 325 g/mol. The Hall–Kier alpha value is -1.92. The normalized spacial score (nSPS) is 14.2. The number of halogens is 1. The Morgan fingerprint density at radius 3 is 2.62 bits per heavy atom. The zero-order chi connectivity index (χ0) is 17.4. The van der Waals surface area contributed by atoms with E-state index in [4.69, 9.17) is 0 Å². The van der Waals surface area contributed by atoms with Gasteiger partial charge < -0.3 is 15.7 Å². The molecule has 3 N–H and O–H groups in total. The molecule has 0 radical (unpaired) electrons. The van der Waals surface area contributed by atoms with Gasteiger partial charge in [-0.3, -0.25) is 0 Å². The zero-order valence-electron chi connectivity index (χ0n) is 14.1. The second kappa shape index (κ2) is 8.80. The summed E-state index contributed by atoms with van der Waals surface area (Å²) in [7, 11) is 0. The van der Waals surface area contributed by atoms with E-state index in [1.807, 2.05) is 24.4 Å². The summed E-state index contributed by atoms with van der Waals surface area (Å²) in [5.74, 6) is 0.439. The molecule has 4 nitrogen and oxygen atoms in total. The molecule has 1 aromatic heterocycles. The largest absolute Gasteiger partial charge is 0.383 e. The monoisotopic (exact) mass is 349 g/mol. The molecule has 1 atom stereocenters. The highest BCUT2D eigenvalue weighted by molar-refractivity contribution is 7.10. The summed E-state index contributed by atoms with van der Waals surface area (Å²) in [4.78, 5) is 5.37. The number of rotatable bonds is 7. The number of aliphatic imine (C=N–C) groups is 1. The summed E-state index contributed by atoms with van der Waals surface area (Å²) in [5.41, 5.74) is 0.0818. The maximum absolute atomic E-state index is 12.9. The van der Waals surface area contributed by atoms with Crippen molar-refractivity contribution in [3.63, 3.8) is 0 Å². The number of nitrogens with one attached hydrogen (secondary N) is 2. The molecule has 0 saturated carbocycles. The minimum atomic E-state index is -0.979. The van der Waals surface area contributed by atoms with Crippen LogP contribution < -0.4 is 10.6 Å². The van der Waals surface area contributed by atoms with Gasteiger partial charge in [0.05, 0.1) is 6.54 Å². The van der Waals surface area contributed by atoms with Crippen LogP contribution in [0.3, 0.4) is 0 Å². The third-order valence-corrected chi connectivity index (χ3v) is 4.68. The van der Waals surface area contributed by atoms with Crippen LogP contribution >= 0.6 is 11.3 Å². The molecular formula is C18H24FN3OS. The van der Waals surface area contributed by atoms with Gasteiger partial charge in [-0.05, 0) is 49.4 Å². The smallest absolute Gasteiger partial charge is 0.191 e. The molecule has 0 saturated heterocycles. The van der Waals surface area contributed by atoms with Crippen molar-refractivity contribution in [2.75, 3.05) is 19.6 Å². The number of thiophene rings is 1. The first-order valence-electron chi connectivity index (χ1n) is 8.04. The average Bonchev–Trinajstić information content (AvgIpc) is 3.10. The van der Waals surface area contributed by atoms with Gasteiger partial charge in [0.2, 0.25) is 0 Å². The Kier molecular flexibility index (Phi) is 6.75. The number of benzene rings is 1. The van der Waals surface area contributed by atoms with Crippen molar-refractivity contribution in [2.45, 2.75) is 25.9 Å². The van der Waals surface area contributed by atoms with Crippen LogP contribution in [0.15, 0.2) is 46.8 Å². The van der Waals surface area contributed by atoms with E-state index >= 15 is 0 Å². The van der Waals surface area contributed by atoms with Crippen molar-refractivity contribution < 1.29 is 9.50 Å². The van der Waals surface area contributed by atoms with E-state index in [0.717, 1.165) is 23.4 Å². The number of nitrogens with zero attached hydrogens (tertiary/aromatic N) is 1. The van der Waals surface area contributed by atoms with Crippen LogP contribution in [0.2, 0.25) is 0 Å². The third-order valence-electron chi connectivity index (χ3n) is 3.56. The van der Waals surface area contributed by atoms with E-state index in [2.05, 4.69) is 15.6 Å². The summed E-state index contributed by atoms with van der Waals surface area (Å²) in [6, 6.07) is 10.3. The molecule has 2 aromatic rings. The Balaban J connectivity index is 1.89. The van der Waals surface area contributed by atoms with Gasteiger partial charge in [-0.15, -0.1) is 11.3 Å². The van der Waals surface area contributed by atoms with E-state index in [9.17, 15) is 9.50 Å². The quantitative estimate of drug-likeness (QED) is 0.532. The second-order valence-electron chi connectivity index (χ2n) is 5.75. The third kappa shape index (κ3) is 5.62. The summed E-state index contributed by atoms with van der Waals surface area (Å²) in [6.45, 7) is 5.46. The maximum atomic E-state index is 12.9. The molecule has 130 valence electrons. The first-order chi connectivity index (χ1) is 11.5. The van der Waals surface area contributed by atoms with Gasteiger partial charge in [0.25, 0.3) is 0 Å². The standard InChI is InChI=1S/C18H24FN3OS/c1-3-20-17(21-11-10-14-6-8-15(19)9-7-14)22-13-18(2,23)16-5-4-12-24-16/h4-9,12,23H,3,10-11,13H2,1-2H3,(H2,20,21,22). The summed E-state index contributed by atoms with van der Waals surface area (Å²) in [6.07, 6.45) is 0.770. The fourth-order valence-corrected chi connectivity index (χ4v) is 2.99. The number of hydrogen-bond donors (Lipinski definition) is 3. The lowest BCUT2D eigenvalue weighted by Gasteiger charge is -2.20. The van der Waals surface area contributed by atoms with Crippen molar-refractivity contribution >= 4 is 17.3 Å². The molecule has 0 spiro atoms. The van der Waals surface area contributed by atoms with Gasteiger partial charge in [0.15, 0.2) is 5.96 Å². The number of aliphatic hydroxyl groups is 1. The van der Waals surface area contributed by atoms with Crippen molar-refractivity contribution in [1.29, 1.82) is 0 Å². The molecule has 0 aliphatic carbocycles. The van der Waals surface area contributed by atoms with Crippen LogP contribution in [-0.4, -0.2) is 30.7 Å². The topological polar surface area (TPSA) is 56.7 Å².